The number of methoxy groups -OCH3 is 1. The molecule has 1 heterocycles. The number of aromatic nitrogens is 2. The SMILES string of the molecule is COc1ccc(CNCc2cn(-c3ccc(Cl)cc3)nc2C)cc1. The highest BCUT2D eigenvalue weighted by Gasteiger charge is 2.06. The maximum atomic E-state index is 5.93. The van der Waals surface area contributed by atoms with Crippen molar-refractivity contribution in [2.45, 2.75) is 20.0 Å². The van der Waals surface area contributed by atoms with Crippen LogP contribution in [0.25, 0.3) is 5.69 Å². The van der Waals surface area contributed by atoms with E-state index < -0.39 is 0 Å². The zero-order valence-electron chi connectivity index (χ0n) is 13.8. The van der Waals surface area contributed by atoms with Gasteiger partial charge in [0.05, 0.1) is 18.5 Å². The summed E-state index contributed by atoms with van der Waals surface area (Å²) in [6.07, 6.45) is 2.06. The van der Waals surface area contributed by atoms with Gasteiger partial charge in [-0.05, 0) is 48.9 Å². The summed E-state index contributed by atoms with van der Waals surface area (Å²) in [7, 11) is 1.67. The van der Waals surface area contributed by atoms with E-state index in [0.717, 1.165) is 35.2 Å². The lowest BCUT2D eigenvalue weighted by Gasteiger charge is -2.05. The van der Waals surface area contributed by atoms with Gasteiger partial charge < -0.3 is 10.1 Å². The first-order valence-electron chi connectivity index (χ1n) is 7.80. The average molecular weight is 342 g/mol. The van der Waals surface area contributed by atoms with Gasteiger partial charge >= 0.3 is 0 Å². The molecule has 0 atom stereocenters. The first-order valence-corrected chi connectivity index (χ1v) is 8.18. The third-order valence-electron chi connectivity index (χ3n) is 3.90. The van der Waals surface area contributed by atoms with Crippen molar-refractivity contribution < 1.29 is 4.74 Å². The zero-order chi connectivity index (χ0) is 16.9. The lowest BCUT2D eigenvalue weighted by atomic mass is 10.2. The topological polar surface area (TPSA) is 39.1 Å². The lowest BCUT2D eigenvalue weighted by Crippen LogP contribution is -2.12. The molecule has 4 nitrogen and oxygen atoms in total. The standard InChI is InChI=1S/C19H20ClN3O/c1-14-16(12-21-11-15-3-9-19(24-2)10-4-15)13-23(22-14)18-7-5-17(20)6-8-18/h3-10,13,21H,11-12H2,1-2H3. The molecular weight excluding hydrogens is 322 g/mol. The van der Waals surface area contributed by atoms with Crippen LogP contribution in [0.4, 0.5) is 0 Å². The van der Waals surface area contributed by atoms with Gasteiger partial charge in [0.25, 0.3) is 0 Å². The second kappa shape index (κ2) is 7.51. The van der Waals surface area contributed by atoms with E-state index in [1.165, 1.54) is 11.1 Å². The molecule has 124 valence electrons. The number of rotatable bonds is 6. The fourth-order valence-corrected chi connectivity index (χ4v) is 2.61. The average Bonchev–Trinajstić information content (AvgIpc) is 2.97. The summed E-state index contributed by atoms with van der Waals surface area (Å²) < 4.78 is 7.06. The van der Waals surface area contributed by atoms with Gasteiger partial charge in [0.15, 0.2) is 0 Å². The maximum absolute atomic E-state index is 5.93. The number of nitrogens with zero attached hydrogens (tertiary/aromatic N) is 2. The van der Waals surface area contributed by atoms with E-state index in [-0.39, 0.29) is 0 Å². The lowest BCUT2D eigenvalue weighted by molar-refractivity contribution is 0.414. The number of aryl methyl sites for hydroxylation is 1. The van der Waals surface area contributed by atoms with Crippen molar-refractivity contribution >= 4 is 11.6 Å². The van der Waals surface area contributed by atoms with Gasteiger partial charge in [-0.2, -0.15) is 5.10 Å². The minimum atomic E-state index is 0.726. The van der Waals surface area contributed by atoms with Gasteiger partial charge in [-0.3, -0.25) is 0 Å². The molecule has 0 fully saturated rings. The van der Waals surface area contributed by atoms with Crippen LogP contribution in [0.3, 0.4) is 0 Å². The van der Waals surface area contributed by atoms with Crippen LogP contribution in [0.15, 0.2) is 54.7 Å². The maximum Gasteiger partial charge on any atom is 0.118 e. The molecule has 0 aliphatic heterocycles. The van der Waals surface area contributed by atoms with Crippen LogP contribution in [-0.2, 0) is 13.1 Å². The predicted molar refractivity (Wildman–Crippen MR) is 96.8 cm³/mol. The molecule has 0 aliphatic rings. The van der Waals surface area contributed by atoms with E-state index in [9.17, 15) is 0 Å². The monoisotopic (exact) mass is 341 g/mol. The third-order valence-corrected chi connectivity index (χ3v) is 4.15. The molecule has 24 heavy (non-hydrogen) atoms. The molecule has 3 rings (SSSR count). The molecule has 5 heteroatoms. The molecule has 0 radical (unpaired) electrons. The molecule has 2 aromatic carbocycles. The summed E-state index contributed by atoms with van der Waals surface area (Å²) in [6, 6.07) is 15.7. The van der Waals surface area contributed by atoms with Gasteiger partial charge in [0, 0.05) is 29.9 Å². The summed E-state index contributed by atoms with van der Waals surface area (Å²) in [5.41, 5.74) is 4.42. The van der Waals surface area contributed by atoms with Crippen molar-refractivity contribution in [1.82, 2.24) is 15.1 Å². The number of hydrogen-bond donors (Lipinski definition) is 1. The van der Waals surface area contributed by atoms with Crippen LogP contribution in [0, 0.1) is 6.92 Å². The molecule has 0 saturated heterocycles. The Morgan fingerprint density at radius 2 is 1.75 bits per heavy atom. The molecule has 0 unspecified atom stereocenters. The molecule has 1 N–H and O–H groups in total. The Morgan fingerprint density at radius 3 is 2.42 bits per heavy atom. The zero-order valence-corrected chi connectivity index (χ0v) is 14.5. The Bertz CT molecular complexity index is 794. The minimum absolute atomic E-state index is 0.726. The van der Waals surface area contributed by atoms with Gasteiger partial charge in [0.1, 0.15) is 5.75 Å². The summed E-state index contributed by atoms with van der Waals surface area (Å²) in [5.74, 6) is 0.874. The second-order valence-electron chi connectivity index (χ2n) is 5.61. The van der Waals surface area contributed by atoms with E-state index >= 15 is 0 Å². The predicted octanol–water partition coefficient (Wildman–Crippen LogP) is 4.13. The van der Waals surface area contributed by atoms with Crippen molar-refractivity contribution in [3.8, 4) is 11.4 Å². The van der Waals surface area contributed by atoms with E-state index in [0.29, 0.717) is 0 Å². The molecule has 0 saturated carbocycles. The van der Waals surface area contributed by atoms with Gasteiger partial charge in [-0.1, -0.05) is 23.7 Å². The molecule has 0 bridgehead atoms. The van der Waals surface area contributed by atoms with Crippen molar-refractivity contribution in [2.24, 2.45) is 0 Å². The molecule has 0 amide bonds. The number of nitrogens with one attached hydrogen (secondary N) is 1. The van der Waals surface area contributed by atoms with Crippen LogP contribution >= 0.6 is 11.6 Å². The van der Waals surface area contributed by atoms with Crippen molar-refractivity contribution in [3.63, 3.8) is 0 Å². The first-order chi connectivity index (χ1) is 11.7. The summed E-state index contributed by atoms with van der Waals surface area (Å²) in [6.45, 7) is 3.60. The fourth-order valence-electron chi connectivity index (χ4n) is 2.48. The van der Waals surface area contributed by atoms with Crippen molar-refractivity contribution in [3.05, 3.63) is 76.6 Å². The molecule has 0 spiro atoms. The van der Waals surface area contributed by atoms with E-state index in [1.807, 2.05) is 48.0 Å². The Balaban J connectivity index is 1.62. The largest absolute Gasteiger partial charge is 0.497 e. The Labute approximate surface area is 147 Å². The van der Waals surface area contributed by atoms with Crippen LogP contribution < -0.4 is 10.1 Å². The normalized spacial score (nSPS) is 10.8. The quantitative estimate of drug-likeness (QED) is 0.732. The number of halogens is 1. The van der Waals surface area contributed by atoms with Gasteiger partial charge in [-0.25, -0.2) is 4.68 Å². The Kier molecular flexibility index (Phi) is 5.18. The summed E-state index contributed by atoms with van der Waals surface area (Å²) >= 11 is 5.93. The highest BCUT2D eigenvalue weighted by molar-refractivity contribution is 6.30. The summed E-state index contributed by atoms with van der Waals surface area (Å²) in [4.78, 5) is 0. The van der Waals surface area contributed by atoms with Crippen molar-refractivity contribution in [2.75, 3.05) is 7.11 Å². The second-order valence-corrected chi connectivity index (χ2v) is 6.05. The molecule has 0 aliphatic carbocycles. The fraction of sp³-hybridized carbons (Fsp3) is 0.211. The van der Waals surface area contributed by atoms with Gasteiger partial charge in [-0.15, -0.1) is 0 Å². The summed E-state index contributed by atoms with van der Waals surface area (Å²) in [5, 5.41) is 8.76. The van der Waals surface area contributed by atoms with Crippen LogP contribution in [0.2, 0.25) is 5.02 Å². The highest BCUT2D eigenvalue weighted by Crippen LogP contribution is 2.16. The van der Waals surface area contributed by atoms with Crippen LogP contribution in [0.1, 0.15) is 16.8 Å². The van der Waals surface area contributed by atoms with E-state index in [4.69, 9.17) is 16.3 Å². The van der Waals surface area contributed by atoms with Crippen LogP contribution in [0.5, 0.6) is 5.75 Å². The molecule has 1 aromatic heterocycles. The molecule has 3 aromatic rings. The molecular formula is C19H20ClN3O. The van der Waals surface area contributed by atoms with Crippen molar-refractivity contribution in [1.29, 1.82) is 0 Å². The Morgan fingerprint density at radius 1 is 1.04 bits per heavy atom. The minimum Gasteiger partial charge on any atom is -0.497 e. The van der Waals surface area contributed by atoms with Crippen LogP contribution in [-0.4, -0.2) is 16.9 Å². The smallest absolute Gasteiger partial charge is 0.118 e. The number of ether oxygens (including phenoxy) is 1. The Hall–Kier alpha value is -2.30. The van der Waals surface area contributed by atoms with Gasteiger partial charge in [0.2, 0.25) is 0 Å². The number of benzene rings is 2. The third kappa shape index (κ3) is 3.96. The van der Waals surface area contributed by atoms with E-state index in [2.05, 4.69) is 28.7 Å². The van der Waals surface area contributed by atoms with E-state index in [1.54, 1.807) is 7.11 Å². The number of hydrogen-bond acceptors (Lipinski definition) is 3. The first kappa shape index (κ1) is 16.6. The highest BCUT2D eigenvalue weighted by atomic mass is 35.5.